The Bertz CT molecular complexity index is 1330. The van der Waals surface area contributed by atoms with E-state index < -0.39 is 0 Å². The largest absolute Gasteiger partial charge is 0.304 e. The summed E-state index contributed by atoms with van der Waals surface area (Å²) in [5.74, 6) is 0.604. The van der Waals surface area contributed by atoms with E-state index in [1.54, 1.807) is 22.4 Å². The molecule has 0 saturated carbocycles. The van der Waals surface area contributed by atoms with E-state index in [0.717, 1.165) is 59.9 Å². The highest BCUT2D eigenvalue weighted by Crippen LogP contribution is 2.36. The van der Waals surface area contributed by atoms with Gasteiger partial charge in [0.25, 0.3) is 0 Å². The van der Waals surface area contributed by atoms with Crippen molar-refractivity contribution >= 4 is 39.0 Å². The first-order valence-electron chi connectivity index (χ1n) is 11.2. The number of hydrogen-bond donors (Lipinski definition) is 0. The minimum Gasteiger partial charge on any atom is -0.304 e. The molecule has 2 aromatic carbocycles. The predicted octanol–water partition coefficient (Wildman–Crippen LogP) is 3.72. The van der Waals surface area contributed by atoms with Gasteiger partial charge in [-0.15, -0.1) is 11.3 Å². The van der Waals surface area contributed by atoms with Crippen molar-refractivity contribution in [2.24, 2.45) is 0 Å². The zero-order valence-corrected chi connectivity index (χ0v) is 19.3. The van der Waals surface area contributed by atoms with Crippen LogP contribution in [0.3, 0.4) is 0 Å². The molecule has 0 aliphatic carbocycles. The number of rotatable bonds is 4. The lowest BCUT2D eigenvalue weighted by Gasteiger charge is -2.32. The van der Waals surface area contributed by atoms with Crippen molar-refractivity contribution in [2.45, 2.75) is 13.0 Å². The molecule has 2 aromatic heterocycles. The van der Waals surface area contributed by atoms with Crippen LogP contribution in [0.1, 0.15) is 11.3 Å². The summed E-state index contributed by atoms with van der Waals surface area (Å²) in [7, 11) is 2.18. The second-order valence-corrected chi connectivity index (χ2v) is 9.60. The second-order valence-electron chi connectivity index (χ2n) is 8.71. The minimum atomic E-state index is -0.0146. The number of aromatic nitrogens is 3. The average Bonchev–Trinajstić information content (AvgIpc) is 3.43. The fourth-order valence-electron chi connectivity index (χ4n) is 4.48. The van der Waals surface area contributed by atoms with Crippen LogP contribution >= 0.6 is 11.3 Å². The summed E-state index contributed by atoms with van der Waals surface area (Å²) in [5.41, 5.74) is 7.28. The first kappa shape index (κ1) is 20.4. The molecule has 8 heteroatoms. The summed E-state index contributed by atoms with van der Waals surface area (Å²) < 4.78 is 1.10. The molecule has 4 aromatic rings. The zero-order chi connectivity index (χ0) is 22.4. The van der Waals surface area contributed by atoms with Crippen LogP contribution in [0.4, 0.5) is 11.5 Å². The van der Waals surface area contributed by atoms with Crippen LogP contribution in [0.15, 0.2) is 54.2 Å². The van der Waals surface area contributed by atoms with E-state index in [1.807, 2.05) is 23.7 Å². The number of nitrogens with zero attached hydrogens (tertiary/aromatic N) is 6. The number of anilines is 2. The molecule has 0 bridgehead atoms. The van der Waals surface area contributed by atoms with Crippen LogP contribution in [0.25, 0.3) is 21.5 Å². The summed E-state index contributed by atoms with van der Waals surface area (Å²) >= 11 is 1.59. The standard InChI is InChI=1S/C25H24N6OS/c1-29-8-10-30(11-9-29)15-17-2-4-18(5-3-17)22-14-26-21-13-24(32)31(25(21)28-22)19-6-7-23-20(12-19)27-16-33-23/h2-7,12,14,16H,8-11,13,15H2,1H3. The van der Waals surface area contributed by atoms with E-state index in [-0.39, 0.29) is 12.3 Å². The van der Waals surface area contributed by atoms with Gasteiger partial charge in [-0.05, 0) is 30.8 Å². The number of fused-ring (bicyclic) bond motifs is 2. The first-order valence-corrected chi connectivity index (χ1v) is 12.0. The Labute approximate surface area is 196 Å². The summed E-state index contributed by atoms with van der Waals surface area (Å²) in [6.07, 6.45) is 2.04. The Hall–Kier alpha value is -3.20. The van der Waals surface area contributed by atoms with Gasteiger partial charge < -0.3 is 4.90 Å². The Morgan fingerprint density at radius 2 is 1.82 bits per heavy atom. The third kappa shape index (κ3) is 3.90. The Balaban J connectivity index is 1.26. The van der Waals surface area contributed by atoms with Crippen molar-refractivity contribution in [1.29, 1.82) is 0 Å². The molecular formula is C25H24N6OS. The molecule has 2 aliphatic rings. The van der Waals surface area contributed by atoms with Gasteiger partial charge in [-0.3, -0.25) is 19.6 Å². The molecule has 1 fully saturated rings. The van der Waals surface area contributed by atoms with E-state index in [4.69, 9.17) is 4.98 Å². The lowest BCUT2D eigenvalue weighted by molar-refractivity contribution is -0.116. The molecule has 1 amide bonds. The van der Waals surface area contributed by atoms with Crippen LogP contribution < -0.4 is 4.90 Å². The summed E-state index contributed by atoms with van der Waals surface area (Å²) in [6, 6.07) is 14.4. The monoisotopic (exact) mass is 456 g/mol. The highest BCUT2D eigenvalue weighted by molar-refractivity contribution is 7.16. The lowest BCUT2D eigenvalue weighted by Crippen LogP contribution is -2.43. The number of piperazine rings is 1. The van der Waals surface area contributed by atoms with Gasteiger partial charge in [-0.25, -0.2) is 9.97 Å². The molecule has 7 nitrogen and oxygen atoms in total. The molecule has 6 rings (SSSR count). The first-order chi connectivity index (χ1) is 16.1. The SMILES string of the molecule is CN1CCN(Cc2ccc(-c3cnc4c(n3)N(c3ccc5scnc5c3)C(=O)C4)cc2)CC1. The van der Waals surface area contributed by atoms with Crippen molar-refractivity contribution in [1.82, 2.24) is 24.8 Å². The Morgan fingerprint density at radius 1 is 1.00 bits per heavy atom. The van der Waals surface area contributed by atoms with Gasteiger partial charge in [0.2, 0.25) is 5.91 Å². The van der Waals surface area contributed by atoms with Crippen molar-refractivity contribution in [3.8, 4) is 11.3 Å². The van der Waals surface area contributed by atoms with Gasteiger partial charge >= 0.3 is 0 Å². The Morgan fingerprint density at radius 3 is 2.64 bits per heavy atom. The molecule has 0 unspecified atom stereocenters. The fourth-order valence-corrected chi connectivity index (χ4v) is 5.14. The summed E-state index contributed by atoms with van der Waals surface area (Å²) in [4.78, 5) is 33.2. The number of benzene rings is 2. The van der Waals surface area contributed by atoms with Gasteiger partial charge in [0.05, 0.1) is 45.4 Å². The van der Waals surface area contributed by atoms with Gasteiger partial charge in [0, 0.05) is 38.3 Å². The van der Waals surface area contributed by atoms with E-state index in [2.05, 4.69) is 51.1 Å². The molecule has 0 atom stereocenters. The number of thiazole rings is 1. The quantitative estimate of drug-likeness (QED) is 0.466. The molecule has 33 heavy (non-hydrogen) atoms. The van der Waals surface area contributed by atoms with Gasteiger partial charge in [0.15, 0.2) is 5.82 Å². The summed E-state index contributed by atoms with van der Waals surface area (Å²) in [5, 5.41) is 0. The number of hydrogen-bond acceptors (Lipinski definition) is 7. The number of amides is 1. The smallest absolute Gasteiger partial charge is 0.238 e. The highest BCUT2D eigenvalue weighted by atomic mass is 32.1. The van der Waals surface area contributed by atoms with E-state index in [1.165, 1.54) is 5.56 Å². The Kier molecular flexibility index (Phi) is 5.13. The normalized spacial score (nSPS) is 17.1. The van der Waals surface area contributed by atoms with E-state index in [9.17, 15) is 4.79 Å². The topological polar surface area (TPSA) is 65.5 Å². The molecule has 4 heterocycles. The number of likely N-dealkylation sites (N-methyl/N-ethyl adjacent to an activating group) is 1. The third-order valence-corrected chi connectivity index (χ3v) is 7.24. The minimum absolute atomic E-state index is 0.0146. The van der Waals surface area contributed by atoms with Crippen molar-refractivity contribution in [2.75, 3.05) is 38.1 Å². The predicted molar refractivity (Wildman–Crippen MR) is 131 cm³/mol. The third-order valence-electron chi connectivity index (χ3n) is 6.43. The number of carbonyl (C=O) groups excluding carboxylic acids is 1. The molecule has 0 radical (unpaired) electrons. The van der Waals surface area contributed by atoms with Crippen LogP contribution in [-0.2, 0) is 17.8 Å². The zero-order valence-electron chi connectivity index (χ0n) is 18.4. The fraction of sp³-hybridized carbons (Fsp3) is 0.280. The van der Waals surface area contributed by atoms with Crippen molar-refractivity contribution in [3.63, 3.8) is 0 Å². The van der Waals surface area contributed by atoms with Crippen molar-refractivity contribution in [3.05, 3.63) is 65.4 Å². The lowest BCUT2D eigenvalue weighted by atomic mass is 10.1. The van der Waals surface area contributed by atoms with Crippen LogP contribution in [0.5, 0.6) is 0 Å². The van der Waals surface area contributed by atoms with Gasteiger partial charge in [-0.2, -0.15) is 0 Å². The molecule has 1 saturated heterocycles. The van der Waals surface area contributed by atoms with Crippen molar-refractivity contribution < 1.29 is 4.79 Å². The maximum Gasteiger partial charge on any atom is 0.238 e. The molecular weight excluding hydrogens is 432 g/mol. The van der Waals surface area contributed by atoms with Gasteiger partial charge in [0.1, 0.15) is 0 Å². The maximum absolute atomic E-state index is 12.8. The van der Waals surface area contributed by atoms with Crippen LogP contribution in [0, 0.1) is 0 Å². The van der Waals surface area contributed by atoms with Crippen LogP contribution in [0.2, 0.25) is 0 Å². The second kappa shape index (κ2) is 8.30. The average molecular weight is 457 g/mol. The van der Waals surface area contributed by atoms with E-state index >= 15 is 0 Å². The van der Waals surface area contributed by atoms with Crippen LogP contribution in [-0.4, -0.2) is 63.9 Å². The highest BCUT2D eigenvalue weighted by Gasteiger charge is 2.32. The number of carbonyl (C=O) groups is 1. The summed E-state index contributed by atoms with van der Waals surface area (Å²) in [6.45, 7) is 5.41. The molecule has 0 N–H and O–H groups in total. The molecule has 166 valence electrons. The molecule has 0 spiro atoms. The van der Waals surface area contributed by atoms with E-state index in [0.29, 0.717) is 11.5 Å². The maximum atomic E-state index is 12.8. The van der Waals surface area contributed by atoms with Gasteiger partial charge in [-0.1, -0.05) is 24.3 Å². The molecule has 2 aliphatic heterocycles.